The van der Waals surface area contributed by atoms with Gasteiger partial charge in [-0.1, -0.05) is 6.07 Å². The molecule has 0 saturated heterocycles. The zero-order valence-corrected chi connectivity index (χ0v) is 10.6. The average Bonchev–Trinajstić information content (AvgIpc) is 3.00. The number of rotatable bonds is 1. The largest absolute Gasteiger partial charge is 0.423 e. The number of hydrogen-bond acceptors (Lipinski definition) is 4. The van der Waals surface area contributed by atoms with Crippen molar-refractivity contribution < 1.29 is 8.81 Å². The fraction of sp³-hybridized carbons (Fsp3) is 0.133. The number of aromatic nitrogens is 1. The number of halogens is 1. The molecule has 0 amide bonds. The van der Waals surface area contributed by atoms with Crippen LogP contribution in [0.1, 0.15) is 5.56 Å². The third-order valence-electron chi connectivity index (χ3n) is 3.57. The maximum Gasteiger partial charge on any atom is 0.303 e. The van der Waals surface area contributed by atoms with Gasteiger partial charge in [0, 0.05) is 18.3 Å². The van der Waals surface area contributed by atoms with Crippen LogP contribution in [0.2, 0.25) is 0 Å². The second-order valence-electron chi connectivity index (χ2n) is 4.90. The Hall–Kier alpha value is -2.56. The molecule has 20 heavy (non-hydrogen) atoms. The number of oxazole rings is 1. The van der Waals surface area contributed by atoms with Gasteiger partial charge in [-0.05, 0) is 36.2 Å². The number of anilines is 3. The summed E-state index contributed by atoms with van der Waals surface area (Å²) >= 11 is 0. The summed E-state index contributed by atoms with van der Waals surface area (Å²) < 4.78 is 19.2. The molecule has 2 N–H and O–H groups in total. The predicted octanol–water partition coefficient (Wildman–Crippen LogP) is 3.24. The van der Waals surface area contributed by atoms with Crippen LogP contribution in [0, 0.1) is 5.82 Å². The minimum Gasteiger partial charge on any atom is -0.423 e. The van der Waals surface area contributed by atoms with Gasteiger partial charge in [-0.25, -0.2) is 4.39 Å². The predicted molar refractivity (Wildman–Crippen MR) is 75.5 cm³/mol. The Morgan fingerprint density at radius 2 is 2.10 bits per heavy atom. The highest BCUT2D eigenvalue weighted by Crippen LogP contribution is 2.36. The highest BCUT2D eigenvalue weighted by molar-refractivity contribution is 5.79. The van der Waals surface area contributed by atoms with Gasteiger partial charge in [-0.3, -0.25) is 4.90 Å². The summed E-state index contributed by atoms with van der Waals surface area (Å²) in [7, 11) is 0. The van der Waals surface area contributed by atoms with Crippen molar-refractivity contribution >= 4 is 28.5 Å². The van der Waals surface area contributed by atoms with Crippen molar-refractivity contribution in [1.29, 1.82) is 0 Å². The van der Waals surface area contributed by atoms with Crippen molar-refractivity contribution in [1.82, 2.24) is 4.98 Å². The molecule has 1 aliphatic heterocycles. The third kappa shape index (κ3) is 1.63. The van der Waals surface area contributed by atoms with E-state index in [9.17, 15) is 4.39 Å². The summed E-state index contributed by atoms with van der Waals surface area (Å²) in [4.78, 5) is 6.34. The van der Waals surface area contributed by atoms with Gasteiger partial charge < -0.3 is 10.2 Å². The lowest BCUT2D eigenvalue weighted by molar-refractivity contribution is 0.595. The molecule has 0 radical (unpaired) electrons. The molecular formula is C15H12FN3O. The molecule has 0 saturated carbocycles. The van der Waals surface area contributed by atoms with E-state index >= 15 is 0 Å². The van der Waals surface area contributed by atoms with Crippen LogP contribution in [-0.4, -0.2) is 11.5 Å². The minimum atomic E-state index is -0.254. The van der Waals surface area contributed by atoms with Crippen LogP contribution in [0.4, 0.5) is 21.8 Å². The quantitative estimate of drug-likeness (QED) is 0.689. The van der Waals surface area contributed by atoms with Crippen LogP contribution < -0.4 is 10.6 Å². The molecule has 0 bridgehead atoms. The topological polar surface area (TPSA) is 55.3 Å². The van der Waals surface area contributed by atoms with Crippen LogP contribution in [0.5, 0.6) is 0 Å². The third-order valence-corrected chi connectivity index (χ3v) is 3.57. The number of hydrogen-bond donors (Lipinski definition) is 1. The van der Waals surface area contributed by atoms with Crippen LogP contribution in [0.15, 0.2) is 40.8 Å². The molecule has 5 heteroatoms. The maximum atomic E-state index is 13.4. The Morgan fingerprint density at radius 1 is 1.20 bits per heavy atom. The van der Waals surface area contributed by atoms with Crippen LogP contribution in [0.25, 0.3) is 11.1 Å². The van der Waals surface area contributed by atoms with E-state index in [2.05, 4.69) is 4.98 Å². The number of benzene rings is 2. The summed E-state index contributed by atoms with van der Waals surface area (Å²) in [6.45, 7) is 0.737. The van der Waals surface area contributed by atoms with Crippen LogP contribution >= 0.6 is 0 Å². The first-order valence-electron chi connectivity index (χ1n) is 6.43. The second kappa shape index (κ2) is 3.96. The zero-order chi connectivity index (χ0) is 13.7. The van der Waals surface area contributed by atoms with Gasteiger partial charge in [0.1, 0.15) is 11.3 Å². The minimum absolute atomic E-state index is 0.254. The Morgan fingerprint density at radius 3 is 3.00 bits per heavy atom. The van der Waals surface area contributed by atoms with Gasteiger partial charge in [-0.15, -0.1) is 0 Å². The van der Waals surface area contributed by atoms with Gasteiger partial charge in [-0.2, -0.15) is 4.98 Å². The molecule has 0 atom stereocenters. The van der Waals surface area contributed by atoms with Gasteiger partial charge in [0.15, 0.2) is 5.58 Å². The van der Waals surface area contributed by atoms with E-state index in [1.807, 2.05) is 17.0 Å². The van der Waals surface area contributed by atoms with Crippen molar-refractivity contribution in [3.8, 4) is 0 Å². The van der Waals surface area contributed by atoms with E-state index in [4.69, 9.17) is 10.2 Å². The molecule has 1 aliphatic rings. The standard InChI is InChI=1S/C15H12FN3O/c16-10-2-1-9-5-6-19(13(9)7-10)15-18-12-4-3-11(17)8-14(12)20-15/h1-4,7-8H,5-6,17H2. The summed E-state index contributed by atoms with van der Waals surface area (Å²) in [6.07, 6.45) is 0.858. The van der Waals surface area contributed by atoms with E-state index < -0.39 is 0 Å². The van der Waals surface area contributed by atoms with E-state index in [1.54, 1.807) is 12.1 Å². The van der Waals surface area contributed by atoms with E-state index in [0.29, 0.717) is 17.3 Å². The van der Waals surface area contributed by atoms with Crippen molar-refractivity contribution in [2.45, 2.75) is 6.42 Å². The molecule has 0 unspecified atom stereocenters. The Balaban J connectivity index is 1.83. The molecule has 2 heterocycles. The fourth-order valence-electron chi connectivity index (χ4n) is 2.60. The molecule has 0 aliphatic carbocycles. The zero-order valence-electron chi connectivity index (χ0n) is 10.6. The molecule has 4 nitrogen and oxygen atoms in total. The summed E-state index contributed by atoms with van der Waals surface area (Å²) in [5.74, 6) is -0.254. The molecule has 2 aromatic carbocycles. The normalized spacial score (nSPS) is 13.9. The number of fused-ring (bicyclic) bond motifs is 2. The summed E-state index contributed by atoms with van der Waals surface area (Å²) in [5, 5.41) is 0. The van der Waals surface area contributed by atoms with Crippen molar-refractivity contribution in [2.24, 2.45) is 0 Å². The smallest absolute Gasteiger partial charge is 0.303 e. The first kappa shape index (κ1) is 11.3. The van der Waals surface area contributed by atoms with E-state index in [0.717, 1.165) is 29.7 Å². The molecule has 0 spiro atoms. The molecule has 1 aromatic heterocycles. The molecule has 100 valence electrons. The van der Waals surface area contributed by atoms with Gasteiger partial charge in [0.25, 0.3) is 0 Å². The Labute approximate surface area is 114 Å². The second-order valence-corrected chi connectivity index (χ2v) is 4.90. The van der Waals surface area contributed by atoms with Crippen LogP contribution in [0.3, 0.4) is 0 Å². The lowest BCUT2D eigenvalue weighted by Crippen LogP contribution is -2.13. The van der Waals surface area contributed by atoms with Gasteiger partial charge in [0.05, 0.1) is 5.69 Å². The SMILES string of the molecule is Nc1ccc2nc(N3CCc4ccc(F)cc43)oc2c1. The Bertz CT molecular complexity index is 812. The van der Waals surface area contributed by atoms with Crippen molar-refractivity contribution in [3.63, 3.8) is 0 Å². The maximum absolute atomic E-state index is 13.4. The number of nitrogens with zero attached hydrogens (tertiary/aromatic N) is 2. The molecular weight excluding hydrogens is 257 g/mol. The lowest BCUT2D eigenvalue weighted by Gasteiger charge is -2.13. The molecule has 3 aromatic rings. The monoisotopic (exact) mass is 269 g/mol. The fourth-order valence-corrected chi connectivity index (χ4v) is 2.60. The molecule has 0 fully saturated rings. The summed E-state index contributed by atoms with van der Waals surface area (Å²) in [5.41, 5.74) is 9.69. The van der Waals surface area contributed by atoms with Crippen molar-refractivity contribution in [2.75, 3.05) is 17.2 Å². The number of nitrogen functional groups attached to an aromatic ring is 1. The molecule has 4 rings (SSSR count). The van der Waals surface area contributed by atoms with Gasteiger partial charge in [0.2, 0.25) is 0 Å². The summed E-state index contributed by atoms with van der Waals surface area (Å²) in [6, 6.07) is 10.6. The number of nitrogens with two attached hydrogens (primary N) is 1. The first-order chi connectivity index (χ1) is 9.70. The van der Waals surface area contributed by atoms with E-state index in [1.165, 1.54) is 12.1 Å². The Kier molecular flexibility index (Phi) is 2.24. The van der Waals surface area contributed by atoms with E-state index in [-0.39, 0.29) is 5.82 Å². The average molecular weight is 269 g/mol. The lowest BCUT2D eigenvalue weighted by atomic mass is 10.2. The van der Waals surface area contributed by atoms with Crippen LogP contribution in [-0.2, 0) is 6.42 Å². The van der Waals surface area contributed by atoms with Gasteiger partial charge >= 0.3 is 6.01 Å². The van der Waals surface area contributed by atoms with Crippen molar-refractivity contribution in [3.05, 3.63) is 47.8 Å². The highest BCUT2D eigenvalue weighted by Gasteiger charge is 2.24. The first-order valence-corrected chi connectivity index (χ1v) is 6.43. The highest BCUT2D eigenvalue weighted by atomic mass is 19.1.